The van der Waals surface area contributed by atoms with Crippen molar-refractivity contribution in [3.8, 4) is 0 Å². The van der Waals surface area contributed by atoms with Crippen LogP contribution in [-0.2, 0) is 13.6 Å². The number of pyridine rings is 1. The number of piperidine rings is 1. The predicted molar refractivity (Wildman–Crippen MR) is 121 cm³/mol. The molecule has 4 rings (SSSR count). The summed E-state index contributed by atoms with van der Waals surface area (Å²) >= 11 is 5.98. The molecule has 160 valence electrons. The van der Waals surface area contributed by atoms with Crippen molar-refractivity contribution in [2.24, 2.45) is 13.0 Å². The fourth-order valence-electron chi connectivity index (χ4n) is 4.43. The van der Waals surface area contributed by atoms with Crippen molar-refractivity contribution in [3.05, 3.63) is 69.2 Å². The first-order valence-corrected chi connectivity index (χ1v) is 10.8. The summed E-state index contributed by atoms with van der Waals surface area (Å²) in [6.45, 7) is 3.88. The van der Waals surface area contributed by atoms with E-state index in [-0.39, 0.29) is 5.56 Å². The van der Waals surface area contributed by atoms with Gasteiger partial charge in [0.2, 0.25) is 0 Å². The van der Waals surface area contributed by atoms with E-state index in [0.717, 1.165) is 55.0 Å². The van der Waals surface area contributed by atoms with E-state index < -0.39 is 6.23 Å². The van der Waals surface area contributed by atoms with Crippen molar-refractivity contribution in [2.75, 3.05) is 26.7 Å². The summed E-state index contributed by atoms with van der Waals surface area (Å²) in [5.74, 6) is 0.542. The zero-order valence-corrected chi connectivity index (χ0v) is 18.3. The fourth-order valence-corrected chi connectivity index (χ4v) is 4.55. The van der Waals surface area contributed by atoms with E-state index in [0.29, 0.717) is 11.4 Å². The number of H-pyrrole nitrogens is 1. The number of aryl methyl sites for hydroxylation is 1. The first kappa shape index (κ1) is 21.1. The molecule has 3 heterocycles. The Bertz CT molecular complexity index is 1050. The van der Waals surface area contributed by atoms with Gasteiger partial charge in [0.05, 0.1) is 0 Å². The molecule has 3 aromatic rings. The van der Waals surface area contributed by atoms with E-state index in [2.05, 4.69) is 22.0 Å². The topological polar surface area (TPSA) is 64.5 Å². The second-order valence-electron chi connectivity index (χ2n) is 8.43. The van der Waals surface area contributed by atoms with E-state index in [9.17, 15) is 9.90 Å². The number of halogens is 1. The van der Waals surface area contributed by atoms with Crippen LogP contribution >= 0.6 is 11.6 Å². The van der Waals surface area contributed by atoms with Crippen LogP contribution in [-0.4, -0.2) is 51.1 Å². The number of benzene rings is 1. The lowest BCUT2D eigenvalue weighted by atomic mass is 9.95. The molecule has 2 aromatic heterocycles. The molecule has 7 heteroatoms. The number of aliphatic hydroxyl groups excluding tert-OH is 1. The maximum absolute atomic E-state index is 12.3. The van der Waals surface area contributed by atoms with E-state index >= 15 is 0 Å². The number of aliphatic hydroxyl groups is 1. The normalized spacial score (nSPS) is 17.1. The van der Waals surface area contributed by atoms with Crippen LogP contribution in [0.2, 0.25) is 5.02 Å². The molecular formula is C23H29ClN4O2. The van der Waals surface area contributed by atoms with Gasteiger partial charge < -0.3 is 14.7 Å². The maximum Gasteiger partial charge on any atom is 0.274 e. The zero-order chi connectivity index (χ0) is 21.3. The number of aromatic nitrogens is 2. The summed E-state index contributed by atoms with van der Waals surface area (Å²) in [7, 11) is 3.67. The molecule has 1 unspecified atom stereocenters. The van der Waals surface area contributed by atoms with Crippen molar-refractivity contribution >= 4 is 22.5 Å². The van der Waals surface area contributed by atoms with Crippen molar-refractivity contribution in [1.29, 1.82) is 0 Å². The molecule has 2 N–H and O–H groups in total. The Kier molecular flexibility index (Phi) is 6.29. The average Bonchev–Trinajstić information content (AvgIpc) is 3.23. The van der Waals surface area contributed by atoms with Crippen molar-refractivity contribution in [3.63, 3.8) is 0 Å². The molecule has 0 bridgehead atoms. The fraction of sp³-hybridized carbons (Fsp3) is 0.435. The molecule has 1 aromatic carbocycles. The second kappa shape index (κ2) is 8.94. The van der Waals surface area contributed by atoms with Crippen LogP contribution < -0.4 is 5.56 Å². The molecule has 0 amide bonds. The van der Waals surface area contributed by atoms with Crippen LogP contribution in [0.15, 0.2) is 47.5 Å². The van der Waals surface area contributed by atoms with Gasteiger partial charge in [-0.05, 0) is 62.7 Å². The van der Waals surface area contributed by atoms with Gasteiger partial charge in [-0.15, -0.1) is 0 Å². The summed E-state index contributed by atoms with van der Waals surface area (Å²) < 4.78 is 1.53. The SMILES string of the molecule is CN(CC1CCN(Cc2ccc(Cl)cc2)CC1)C(O)c1cn(C)c(=O)c2[nH]ccc12. The largest absolute Gasteiger partial charge is 0.374 e. The number of nitrogens with zero attached hydrogens (tertiary/aromatic N) is 3. The third-order valence-corrected chi connectivity index (χ3v) is 6.45. The number of rotatable bonds is 6. The average molecular weight is 429 g/mol. The Morgan fingerprint density at radius 3 is 2.63 bits per heavy atom. The molecular weight excluding hydrogens is 400 g/mol. The molecule has 1 aliphatic rings. The monoisotopic (exact) mass is 428 g/mol. The lowest BCUT2D eigenvalue weighted by molar-refractivity contribution is 0.00406. The van der Waals surface area contributed by atoms with Gasteiger partial charge in [-0.3, -0.25) is 14.6 Å². The van der Waals surface area contributed by atoms with Gasteiger partial charge in [0, 0.05) is 48.5 Å². The van der Waals surface area contributed by atoms with Crippen LogP contribution in [0.3, 0.4) is 0 Å². The molecule has 0 aliphatic carbocycles. The van der Waals surface area contributed by atoms with Crippen LogP contribution in [0.25, 0.3) is 10.9 Å². The van der Waals surface area contributed by atoms with Gasteiger partial charge >= 0.3 is 0 Å². The van der Waals surface area contributed by atoms with Crippen LogP contribution in [0.5, 0.6) is 0 Å². The number of hydrogen-bond acceptors (Lipinski definition) is 4. The van der Waals surface area contributed by atoms with E-state index in [4.69, 9.17) is 11.6 Å². The van der Waals surface area contributed by atoms with Crippen molar-refractivity contribution in [2.45, 2.75) is 25.6 Å². The minimum atomic E-state index is -0.748. The summed E-state index contributed by atoms with van der Waals surface area (Å²) in [6.07, 6.45) is 4.96. The number of likely N-dealkylation sites (tertiary alicyclic amines) is 1. The zero-order valence-electron chi connectivity index (χ0n) is 17.5. The number of fused-ring (bicyclic) bond motifs is 1. The van der Waals surface area contributed by atoms with Gasteiger partial charge in [0.15, 0.2) is 0 Å². The molecule has 0 spiro atoms. The Morgan fingerprint density at radius 2 is 1.93 bits per heavy atom. The lowest BCUT2D eigenvalue weighted by Crippen LogP contribution is -2.38. The Balaban J connectivity index is 1.35. The van der Waals surface area contributed by atoms with Gasteiger partial charge in [-0.2, -0.15) is 0 Å². The summed E-state index contributed by atoms with van der Waals surface area (Å²) in [6, 6.07) is 9.93. The molecule has 1 atom stereocenters. The maximum atomic E-state index is 12.3. The molecule has 30 heavy (non-hydrogen) atoms. The summed E-state index contributed by atoms with van der Waals surface area (Å²) in [5.41, 5.74) is 2.51. The quantitative estimate of drug-likeness (QED) is 0.591. The minimum Gasteiger partial charge on any atom is -0.374 e. The lowest BCUT2D eigenvalue weighted by Gasteiger charge is -2.35. The highest BCUT2D eigenvalue weighted by Crippen LogP contribution is 2.27. The Morgan fingerprint density at radius 1 is 1.23 bits per heavy atom. The molecule has 1 aliphatic heterocycles. The van der Waals surface area contributed by atoms with E-state index in [1.54, 1.807) is 19.4 Å². The molecule has 0 radical (unpaired) electrons. The standard InChI is InChI=1S/C23H29ClN4O2/c1-26(22(29)20-15-27(2)23(30)21-19(20)7-10-25-21)13-17-8-11-28(12-9-17)14-16-3-5-18(24)6-4-16/h3-7,10,15,17,22,25,29H,8-9,11-14H2,1-2H3. The van der Waals surface area contributed by atoms with Crippen molar-refractivity contribution < 1.29 is 5.11 Å². The van der Waals surface area contributed by atoms with Crippen molar-refractivity contribution in [1.82, 2.24) is 19.4 Å². The van der Waals surface area contributed by atoms with Crippen LogP contribution in [0, 0.1) is 5.92 Å². The van der Waals surface area contributed by atoms with Gasteiger partial charge in [0.1, 0.15) is 11.7 Å². The van der Waals surface area contributed by atoms with Crippen LogP contribution in [0.1, 0.15) is 30.2 Å². The first-order valence-electron chi connectivity index (χ1n) is 10.4. The molecule has 6 nitrogen and oxygen atoms in total. The predicted octanol–water partition coefficient (Wildman–Crippen LogP) is 3.35. The number of nitrogens with one attached hydrogen (secondary N) is 1. The minimum absolute atomic E-state index is 0.0818. The van der Waals surface area contributed by atoms with Gasteiger partial charge in [-0.25, -0.2) is 0 Å². The molecule has 1 fully saturated rings. The molecule has 0 saturated carbocycles. The third kappa shape index (κ3) is 4.47. The smallest absolute Gasteiger partial charge is 0.274 e. The number of hydrogen-bond donors (Lipinski definition) is 2. The van der Waals surface area contributed by atoms with Crippen LogP contribution in [0.4, 0.5) is 0 Å². The summed E-state index contributed by atoms with van der Waals surface area (Å²) in [5, 5.41) is 12.6. The molecule has 1 saturated heterocycles. The summed E-state index contributed by atoms with van der Waals surface area (Å²) in [4.78, 5) is 19.7. The van der Waals surface area contributed by atoms with Gasteiger partial charge in [0.25, 0.3) is 5.56 Å². The Labute approximate surface area is 181 Å². The highest BCUT2D eigenvalue weighted by molar-refractivity contribution is 6.30. The highest BCUT2D eigenvalue weighted by Gasteiger charge is 2.25. The van der Waals surface area contributed by atoms with E-state index in [1.165, 1.54) is 10.1 Å². The van der Waals surface area contributed by atoms with E-state index in [1.807, 2.05) is 30.1 Å². The first-order chi connectivity index (χ1) is 14.4. The van der Waals surface area contributed by atoms with Gasteiger partial charge in [-0.1, -0.05) is 23.7 Å². The Hall–Kier alpha value is -2.12. The highest BCUT2D eigenvalue weighted by atomic mass is 35.5. The number of aromatic amines is 1. The third-order valence-electron chi connectivity index (χ3n) is 6.19. The second-order valence-corrected chi connectivity index (χ2v) is 8.86.